The molecule has 0 spiro atoms. The van der Waals surface area contributed by atoms with E-state index >= 15 is 0 Å². The largest absolute Gasteiger partial charge is 0.369 e. The van der Waals surface area contributed by atoms with E-state index in [9.17, 15) is 13.6 Å². The molecule has 2 saturated heterocycles. The summed E-state index contributed by atoms with van der Waals surface area (Å²) in [5.74, 6) is -2.53. The van der Waals surface area contributed by atoms with Crippen molar-refractivity contribution < 1.29 is 13.6 Å². The van der Waals surface area contributed by atoms with Crippen molar-refractivity contribution in [3.8, 4) is 0 Å². The standard InChI is InChI=1S/C26H36F2N4O/c1-18-15-19(30-24(33)25(2,3)32-13-6-5-7-14-32)17-31(16-18)22-11-10-21(26(4,27)28)23-20(22)9-8-12-29-23/h8-12,18-19H,5-7,13-17H2,1-4H3,(H,30,33)/t18-,19+/m0/s1. The maximum Gasteiger partial charge on any atom is 0.272 e. The van der Waals surface area contributed by atoms with Crippen molar-refractivity contribution in [3.63, 3.8) is 0 Å². The zero-order valence-corrected chi connectivity index (χ0v) is 20.2. The molecule has 33 heavy (non-hydrogen) atoms. The fourth-order valence-corrected chi connectivity index (χ4v) is 5.40. The SMILES string of the molecule is C[C@H]1C[C@@H](NC(=O)C(C)(C)N2CCCCC2)CN(c2ccc(C(C)(F)F)c3ncccc23)C1. The third kappa shape index (κ3) is 4.98. The topological polar surface area (TPSA) is 48.5 Å². The Hall–Kier alpha value is -2.28. The molecule has 5 nitrogen and oxygen atoms in total. The summed E-state index contributed by atoms with van der Waals surface area (Å²) in [5.41, 5.74) is 0.636. The van der Waals surface area contributed by atoms with Crippen LogP contribution in [0.5, 0.6) is 0 Å². The van der Waals surface area contributed by atoms with Crippen molar-refractivity contribution in [2.45, 2.75) is 70.9 Å². The molecule has 2 fully saturated rings. The summed E-state index contributed by atoms with van der Waals surface area (Å²) in [6.07, 6.45) is 5.97. The van der Waals surface area contributed by atoms with Crippen LogP contribution in [0.4, 0.5) is 14.5 Å². The number of carbonyl (C=O) groups excluding carboxylic acids is 1. The minimum Gasteiger partial charge on any atom is -0.369 e. The number of piperidine rings is 2. The van der Waals surface area contributed by atoms with E-state index in [1.807, 2.05) is 19.9 Å². The lowest BCUT2D eigenvalue weighted by atomic mass is 9.92. The Labute approximate surface area is 195 Å². The van der Waals surface area contributed by atoms with Crippen LogP contribution in [0.2, 0.25) is 0 Å². The van der Waals surface area contributed by atoms with E-state index in [2.05, 4.69) is 27.0 Å². The van der Waals surface area contributed by atoms with Crippen molar-refractivity contribution in [2.75, 3.05) is 31.1 Å². The van der Waals surface area contributed by atoms with Gasteiger partial charge in [0, 0.05) is 48.9 Å². The van der Waals surface area contributed by atoms with Crippen molar-refractivity contribution in [2.24, 2.45) is 5.92 Å². The van der Waals surface area contributed by atoms with Crippen LogP contribution in [0.1, 0.15) is 58.9 Å². The Morgan fingerprint density at radius 1 is 1.09 bits per heavy atom. The van der Waals surface area contributed by atoms with Gasteiger partial charge in [-0.05, 0) is 76.4 Å². The molecule has 1 amide bonds. The van der Waals surface area contributed by atoms with E-state index in [0.29, 0.717) is 18.0 Å². The fourth-order valence-electron chi connectivity index (χ4n) is 5.40. The number of pyridine rings is 1. The first kappa shape index (κ1) is 23.9. The van der Waals surface area contributed by atoms with Crippen LogP contribution in [-0.2, 0) is 10.7 Å². The van der Waals surface area contributed by atoms with Gasteiger partial charge in [0.25, 0.3) is 5.92 Å². The molecule has 0 saturated carbocycles. The molecule has 180 valence electrons. The molecular weight excluding hydrogens is 422 g/mol. The first-order valence-electron chi connectivity index (χ1n) is 12.1. The monoisotopic (exact) mass is 458 g/mol. The number of halogens is 2. The highest BCUT2D eigenvalue weighted by molar-refractivity contribution is 5.94. The Balaban J connectivity index is 1.56. The van der Waals surface area contributed by atoms with Gasteiger partial charge in [-0.15, -0.1) is 0 Å². The number of carbonyl (C=O) groups is 1. The van der Waals surface area contributed by atoms with Crippen molar-refractivity contribution in [1.29, 1.82) is 0 Å². The maximum absolute atomic E-state index is 14.2. The van der Waals surface area contributed by atoms with Crippen LogP contribution < -0.4 is 10.2 Å². The number of likely N-dealkylation sites (tertiary alicyclic amines) is 1. The minimum atomic E-state index is -2.96. The fraction of sp³-hybridized carbons (Fsp3) is 0.615. The number of benzene rings is 1. The first-order chi connectivity index (χ1) is 15.6. The Kier molecular flexibility index (Phi) is 6.63. The third-order valence-electron chi connectivity index (χ3n) is 7.26. The molecule has 1 N–H and O–H groups in total. The summed E-state index contributed by atoms with van der Waals surface area (Å²) in [5, 5.41) is 4.04. The van der Waals surface area contributed by atoms with Gasteiger partial charge in [-0.3, -0.25) is 14.7 Å². The highest BCUT2D eigenvalue weighted by Gasteiger charge is 2.37. The van der Waals surface area contributed by atoms with E-state index in [0.717, 1.165) is 56.9 Å². The summed E-state index contributed by atoms with van der Waals surface area (Å²) in [6, 6.07) is 6.93. The van der Waals surface area contributed by atoms with E-state index in [-0.39, 0.29) is 17.5 Å². The van der Waals surface area contributed by atoms with Gasteiger partial charge in [0.05, 0.1) is 11.1 Å². The molecule has 1 aromatic carbocycles. The van der Waals surface area contributed by atoms with Crippen LogP contribution in [0.15, 0.2) is 30.5 Å². The molecule has 2 atom stereocenters. The molecule has 0 aliphatic carbocycles. The second-order valence-corrected chi connectivity index (χ2v) is 10.4. The molecule has 2 aliphatic rings. The zero-order chi connectivity index (χ0) is 23.8. The number of rotatable bonds is 5. The van der Waals surface area contributed by atoms with Crippen molar-refractivity contribution in [1.82, 2.24) is 15.2 Å². The second-order valence-electron chi connectivity index (χ2n) is 10.4. The Bertz CT molecular complexity index is 997. The lowest BCUT2D eigenvalue weighted by Gasteiger charge is -2.43. The molecular formula is C26H36F2N4O. The predicted octanol–water partition coefficient (Wildman–Crippen LogP) is 4.94. The molecule has 1 aromatic heterocycles. The summed E-state index contributed by atoms with van der Waals surface area (Å²) >= 11 is 0. The van der Waals surface area contributed by atoms with E-state index < -0.39 is 11.5 Å². The van der Waals surface area contributed by atoms with Crippen LogP contribution in [0, 0.1) is 5.92 Å². The molecule has 0 unspecified atom stereocenters. The maximum atomic E-state index is 14.2. The predicted molar refractivity (Wildman–Crippen MR) is 129 cm³/mol. The van der Waals surface area contributed by atoms with E-state index in [1.165, 1.54) is 12.5 Å². The lowest BCUT2D eigenvalue weighted by Crippen LogP contribution is -2.60. The highest BCUT2D eigenvalue weighted by atomic mass is 19.3. The van der Waals surface area contributed by atoms with Crippen LogP contribution in [0.25, 0.3) is 10.9 Å². The number of nitrogens with zero attached hydrogens (tertiary/aromatic N) is 3. The molecule has 0 bridgehead atoms. The summed E-state index contributed by atoms with van der Waals surface area (Å²) < 4.78 is 28.4. The van der Waals surface area contributed by atoms with Crippen LogP contribution in [0.3, 0.4) is 0 Å². The van der Waals surface area contributed by atoms with E-state index in [4.69, 9.17) is 0 Å². The molecule has 4 rings (SSSR count). The molecule has 3 heterocycles. The van der Waals surface area contributed by atoms with Crippen molar-refractivity contribution in [3.05, 3.63) is 36.0 Å². The van der Waals surface area contributed by atoms with Crippen molar-refractivity contribution >= 4 is 22.5 Å². The quantitative estimate of drug-likeness (QED) is 0.689. The normalized spacial score (nSPS) is 23.0. The summed E-state index contributed by atoms with van der Waals surface area (Å²) in [7, 11) is 0. The van der Waals surface area contributed by atoms with Crippen LogP contribution >= 0.6 is 0 Å². The van der Waals surface area contributed by atoms with Gasteiger partial charge in [-0.25, -0.2) is 8.78 Å². The average Bonchev–Trinajstić information content (AvgIpc) is 2.77. The molecule has 0 radical (unpaired) electrons. The Morgan fingerprint density at radius 3 is 2.52 bits per heavy atom. The number of anilines is 1. The van der Waals surface area contributed by atoms with Gasteiger partial charge >= 0.3 is 0 Å². The van der Waals surface area contributed by atoms with Gasteiger partial charge in [0.15, 0.2) is 0 Å². The van der Waals surface area contributed by atoms with Gasteiger partial charge in [-0.2, -0.15) is 0 Å². The van der Waals surface area contributed by atoms with Gasteiger partial charge < -0.3 is 10.2 Å². The number of alkyl halides is 2. The first-order valence-corrected chi connectivity index (χ1v) is 12.1. The number of aromatic nitrogens is 1. The molecule has 2 aliphatic heterocycles. The summed E-state index contributed by atoms with van der Waals surface area (Å²) in [6.45, 7) is 10.5. The van der Waals surface area contributed by atoms with E-state index in [1.54, 1.807) is 18.3 Å². The van der Waals surface area contributed by atoms with Gasteiger partial charge in [-0.1, -0.05) is 13.3 Å². The third-order valence-corrected chi connectivity index (χ3v) is 7.26. The molecule has 7 heteroatoms. The average molecular weight is 459 g/mol. The number of fused-ring (bicyclic) bond motifs is 1. The van der Waals surface area contributed by atoms with Crippen LogP contribution in [-0.4, -0.2) is 53.6 Å². The second kappa shape index (κ2) is 9.16. The number of hydrogen-bond acceptors (Lipinski definition) is 4. The zero-order valence-electron chi connectivity index (χ0n) is 20.2. The highest BCUT2D eigenvalue weighted by Crippen LogP contribution is 2.37. The lowest BCUT2D eigenvalue weighted by molar-refractivity contribution is -0.133. The molecule has 2 aromatic rings. The minimum absolute atomic E-state index is 0.00401. The number of nitrogens with one attached hydrogen (secondary N) is 1. The number of amides is 1. The Morgan fingerprint density at radius 2 is 1.82 bits per heavy atom. The van der Waals surface area contributed by atoms with Gasteiger partial charge in [0.1, 0.15) is 0 Å². The number of hydrogen-bond donors (Lipinski definition) is 1. The smallest absolute Gasteiger partial charge is 0.272 e. The van der Waals surface area contributed by atoms with Gasteiger partial charge in [0.2, 0.25) is 5.91 Å². The summed E-state index contributed by atoms with van der Waals surface area (Å²) in [4.78, 5) is 22.1.